The van der Waals surface area contributed by atoms with E-state index < -0.39 is 10.8 Å². The molecule has 0 fully saturated rings. The molecule has 88 heavy (non-hydrogen) atoms. The Labute approximate surface area is 509 Å². The summed E-state index contributed by atoms with van der Waals surface area (Å²) in [5, 5.41) is 6.18. The van der Waals surface area contributed by atoms with Crippen molar-refractivity contribution >= 4 is 88.8 Å². The van der Waals surface area contributed by atoms with E-state index in [1.54, 1.807) is 0 Å². The van der Waals surface area contributed by atoms with Crippen LogP contribution in [0.25, 0.3) is 76.9 Å². The molecule has 4 nitrogen and oxygen atoms in total. The molecule has 0 bridgehead atoms. The maximum Gasteiger partial charge on any atom is 0.143 e. The van der Waals surface area contributed by atoms with E-state index in [4.69, 9.17) is 8.83 Å². The van der Waals surface area contributed by atoms with Crippen molar-refractivity contribution in [1.82, 2.24) is 0 Å². The Balaban J connectivity index is 0.751. The van der Waals surface area contributed by atoms with Gasteiger partial charge in [-0.15, -0.1) is 0 Å². The van der Waals surface area contributed by atoms with Gasteiger partial charge in [-0.25, -0.2) is 0 Å². The average Bonchev–Trinajstić information content (AvgIpc) is 1.57. The minimum absolute atomic E-state index is 0.536. The van der Waals surface area contributed by atoms with Gasteiger partial charge in [0, 0.05) is 66.4 Å². The highest BCUT2D eigenvalue weighted by Crippen LogP contribution is 2.59. The molecule has 2 aromatic heterocycles. The molecule has 0 unspecified atom stereocenters. The van der Waals surface area contributed by atoms with Gasteiger partial charge in [0.05, 0.1) is 10.8 Å². The van der Waals surface area contributed by atoms with Crippen molar-refractivity contribution < 1.29 is 8.83 Å². The zero-order valence-corrected chi connectivity index (χ0v) is 47.9. The van der Waals surface area contributed by atoms with E-state index in [1.807, 2.05) is 0 Å². The van der Waals surface area contributed by atoms with Crippen LogP contribution in [0.3, 0.4) is 0 Å². The number of hydrogen-bond donors (Lipinski definition) is 0. The first kappa shape index (κ1) is 49.9. The quantitative estimate of drug-likeness (QED) is 0.137. The Hall–Kier alpha value is -11.5. The summed E-state index contributed by atoms with van der Waals surface area (Å²) in [5.41, 5.74) is 23.7. The van der Waals surface area contributed by atoms with Crippen LogP contribution >= 0.6 is 0 Å². The summed E-state index contributed by atoms with van der Waals surface area (Å²) in [6.45, 7) is 0. The third-order valence-corrected chi connectivity index (χ3v) is 19.0. The number of furan rings is 2. The molecule has 4 heteroatoms. The van der Waals surface area contributed by atoms with Crippen molar-refractivity contribution in [3.05, 3.63) is 372 Å². The lowest BCUT2D eigenvalue weighted by Gasteiger charge is -2.35. The Bertz CT molecular complexity index is 4980. The Morgan fingerprint density at radius 3 is 0.852 bits per heavy atom. The smallest absolute Gasteiger partial charge is 0.143 e. The van der Waals surface area contributed by atoms with Gasteiger partial charge in [0.1, 0.15) is 22.3 Å². The van der Waals surface area contributed by atoms with Gasteiger partial charge in [0.25, 0.3) is 0 Å². The predicted molar refractivity (Wildman–Crippen MR) is 362 cm³/mol. The summed E-state index contributed by atoms with van der Waals surface area (Å²) in [4.78, 5) is 4.76. The molecule has 412 valence electrons. The molecule has 0 N–H and O–H groups in total. The highest BCUT2D eigenvalue weighted by atomic mass is 16.3. The molecule has 0 atom stereocenters. The average molecular weight is 1120 g/mol. The zero-order valence-electron chi connectivity index (χ0n) is 47.9. The van der Waals surface area contributed by atoms with E-state index in [0.717, 1.165) is 88.8 Å². The number of para-hydroxylation sites is 2. The van der Waals surface area contributed by atoms with Crippen molar-refractivity contribution in [2.24, 2.45) is 0 Å². The lowest BCUT2D eigenvalue weighted by molar-refractivity contribution is 0.669. The summed E-state index contributed by atoms with van der Waals surface area (Å²) in [7, 11) is 0. The van der Waals surface area contributed by atoms with Gasteiger partial charge in [0.15, 0.2) is 0 Å². The first-order valence-corrected chi connectivity index (χ1v) is 30.3. The number of anilines is 6. The van der Waals surface area contributed by atoms with Gasteiger partial charge in [-0.2, -0.15) is 0 Å². The number of hydrogen-bond acceptors (Lipinski definition) is 4. The van der Waals surface area contributed by atoms with Crippen molar-refractivity contribution in [2.75, 3.05) is 9.80 Å². The normalized spacial score (nSPS) is 13.4. The molecule has 2 heterocycles. The standard InChI is InChI=1S/C84H54N2O2/c1-5-23-55(24-6-1)83(75-39-17-13-35-65(75)66-36-14-18-40-76(66)83)57-27-21-33-61(51-57)85(59-29-9-3-10-30-59)63-43-49-79-73(53-63)71-47-45-70-69(81(71)87-79)46-48-72-74-54-64(44-50-80(74)88-82(70)72)86(60-31-11-4-12-32-60)62-34-22-28-58(52-62)84(56-25-7-2-8-26-56)77-41-19-15-37-67(77)68-38-16-20-42-78(68)84/h1-54H. The molecule has 2 aliphatic rings. The van der Waals surface area contributed by atoms with Gasteiger partial charge in [-0.1, -0.05) is 218 Å². The monoisotopic (exact) mass is 1120 g/mol. The number of nitrogens with zero attached hydrogens (tertiary/aromatic N) is 2. The van der Waals surface area contributed by atoms with Crippen LogP contribution in [-0.4, -0.2) is 0 Å². The molecule has 16 aromatic rings. The molecular weight excluding hydrogens is 1070 g/mol. The number of benzene rings is 14. The molecule has 2 aliphatic carbocycles. The van der Waals surface area contributed by atoms with Crippen molar-refractivity contribution in [3.63, 3.8) is 0 Å². The van der Waals surface area contributed by atoms with Crippen molar-refractivity contribution in [2.45, 2.75) is 10.8 Å². The SMILES string of the molecule is c1ccc(N(c2cccc(C3(c4ccccc4)c4ccccc4-c4ccccc43)c2)c2ccc3oc4c(ccc5c4ccc4c6cc(N(c7ccccc7)c7cccc(C8(c9ccccc9)c9ccccc9-c9ccccc98)c7)ccc6oc45)c3c2)cc1. The second-order valence-electron chi connectivity index (χ2n) is 23.4. The molecule has 14 aromatic carbocycles. The molecule has 0 aliphatic heterocycles. The highest BCUT2D eigenvalue weighted by Gasteiger charge is 2.47. The van der Waals surface area contributed by atoms with Crippen molar-refractivity contribution in [1.29, 1.82) is 0 Å². The second kappa shape index (κ2) is 19.5. The molecule has 0 spiro atoms. The third-order valence-electron chi connectivity index (χ3n) is 19.0. The van der Waals surface area contributed by atoms with Crippen LogP contribution in [0.2, 0.25) is 0 Å². The van der Waals surface area contributed by atoms with Crippen LogP contribution in [0.15, 0.2) is 336 Å². The highest BCUT2D eigenvalue weighted by molar-refractivity contribution is 6.23. The molecular formula is C84H54N2O2. The zero-order chi connectivity index (χ0) is 57.9. The van der Waals surface area contributed by atoms with Crippen LogP contribution in [0, 0.1) is 0 Å². The molecule has 0 radical (unpaired) electrons. The summed E-state index contributed by atoms with van der Waals surface area (Å²) in [6.07, 6.45) is 0. The largest absolute Gasteiger partial charge is 0.455 e. The van der Waals surface area contributed by atoms with E-state index in [0.29, 0.717) is 0 Å². The van der Waals surface area contributed by atoms with E-state index in [-0.39, 0.29) is 0 Å². The number of fused-ring (bicyclic) bond motifs is 15. The minimum atomic E-state index is -0.536. The molecule has 0 saturated carbocycles. The van der Waals surface area contributed by atoms with Gasteiger partial charge in [-0.3, -0.25) is 0 Å². The Kier molecular flexibility index (Phi) is 11.1. The van der Waals surface area contributed by atoms with Crippen LogP contribution in [0.1, 0.15) is 44.5 Å². The van der Waals surface area contributed by atoms with Crippen LogP contribution in [0.5, 0.6) is 0 Å². The third kappa shape index (κ3) is 7.20. The maximum atomic E-state index is 6.95. The van der Waals surface area contributed by atoms with E-state index in [2.05, 4.69) is 337 Å². The lowest BCUT2D eigenvalue weighted by atomic mass is 9.67. The van der Waals surface area contributed by atoms with Gasteiger partial charge in [0.2, 0.25) is 0 Å². The van der Waals surface area contributed by atoms with E-state index in [9.17, 15) is 0 Å². The topological polar surface area (TPSA) is 32.8 Å². The molecule has 0 amide bonds. The molecule has 0 saturated heterocycles. The van der Waals surface area contributed by atoms with Gasteiger partial charge >= 0.3 is 0 Å². The summed E-state index contributed by atoms with van der Waals surface area (Å²) in [6, 6.07) is 120. The molecule has 18 rings (SSSR count). The summed E-state index contributed by atoms with van der Waals surface area (Å²) in [5.74, 6) is 0. The van der Waals surface area contributed by atoms with Gasteiger partial charge < -0.3 is 18.6 Å². The van der Waals surface area contributed by atoms with E-state index in [1.165, 1.54) is 66.8 Å². The lowest BCUT2D eigenvalue weighted by Crippen LogP contribution is -2.28. The first-order valence-electron chi connectivity index (χ1n) is 30.3. The fraction of sp³-hybridized carbons (Fsp3) is 0.0238. The Morgan fingerprint density at radius 1 is 0.205 bits per heavy atom. The fourth-order valence-corrected chi connectivity index (χ4v) is 15.4. The maximum absolute atomic E-state index is 6.95. The first-order chi connectivity index (χ1) is 43.6. The Morgan fingerprint density at radius 2 is 0.489 bits per heavy atom. The van der Waals surface area contributed by atoms with Crippen LogP contribution in [0.4, 0.5) is 34.1 Å². The van der Waals surface area contributed by atoms with Crippen molar-refractivity contribution in [3.8, 4) is 22.3 Å². The summed E-state index contributed by atoms with van der Waals surface area (Å²) < 4.78 is 13.9. The minimum Gasteiger partial charge on any atom is -0.455 e. The van der Waals surface area contributed by atoms with Gasteiger partial charge in [-0.05, 0) is 176 Å². The van der Waals surface area contributed by atoms with Crippen LogP contribution in [-0.2, 0) is 10.8 Å². The predicted octanol–water partition coefficient (Wildman–Crippen LogP) is 22.3. The van der Waals surface area contributed by atoms with E-state index >= 15 is 0 Å². The summed E-state index contributed by atoms with van der Waals surface area (Å²) >= 11 is 0. The number of rotatable bonds is 10. The second-order valence-corrected chi connectivity index (χ2v) is 23.4. The van der Waals surface area contributed by atoms with Crippen LogP contribution < -0.4 is 9.80 Å². The fourth-order valence-electron chi connectivity index (χ4n) is 15.4.